The Labute approximate surface area is 191 Å². The maximum atomic E-state index is 13.5. The highest BCUT2D eigenvalue weighted by atomic mass is 35.5. The summed E-state index contributed by atoms with van der Waals surface area (Å²) in [4.78, 5) is 18.4. The molecule has 1 atom stereocenters. The lowest BCUT2D eigenvalue weighted by Crippen LogP contribution is -2.35. The summed E-state index contributed by atoms with van der Waals surface area (Å²) in [6, 6.07) is 19.8. The Morgan fingerprint density at radius 1 is 0.969 bits per heavy atom. The molecule has 3 aromatic carbocycles. The zero-order valence-electron chi connectivity index (χ0n) is 17.9. The number of hydrogen-bond acceptors (Lipinski definition) is 4. The number of rotatable bonds is 5. The van der Waals surface area contributed by atoms with Crippen LogP contribution in [0.1, 0.15) is 24.4 Å². The monoisotopic (exact) mass is 467 g/mol. The molecule has 1 heterocycles. The van der Waals surface area contributed by atoms with E-state index in [0.717, 1.165) is 5.56 Å². The molecule has 4 rings (SSSR count). The maximum Gasteiger partial charge on any atom is 0.266 e. The average molecular weight is 468 g/mol. The number of fused-ring (bicyclic) bond motifs is 1. The van der Waals surface area contributed by atoms with E-state index in [4.69, 9.17) is 16.6 Å². The van der Waals surface area contributed by atoms with E-state index in [0.29, 0.717) is 27.4 Å². The fourth-order valence-corrected chi connectivity index (χ4v) is 5.07. The summed E-state index contributed by atoms with van der Waals surface area (Å²) in [6.45, 7) is 3.62. The van der Waals surface area contributed by atoms with Crippen LogP contribution in [0.2, 0.25) is 5.02 Å². The molecule has 6 nitrogen and oxygen atoms in total. The number of sulfonamides is 1. The predicted molar refractivity (Wildman–Crippen MR) is 127 cm³/mol. The Morgan fingerprint density at radius 2 is 1.59 bits per heavy atom. The van der Waals surface area contributed by atoms with E-state index in [1.807, 2.05) is 31.2 Å². The van der Waals surface area contributed by atoms with Crippen LogP contribution in [0.4, 0.5) is 0 Å². The quantitative estimate of drug-likeness (QED) is 0.425. The van der Waals surface area contributed by atoms with Gasteiger partial charge in [-0.15, -0.1) is 0 Å². The van der Waals surface area contributed by atoms with Crippen LogP contribution in [0.3, 0.4) is 0 Å². The second kappa shape index (κ2) is 8.50. The number of benzene rings is 3. The van der Waals surface area contributed by atoms with E-state index in [2.05, 4.69) is 0 Å². The van der Waals surface area contributed by atoms with Gasteiger partial charge in [0, 0.05) is 12.1 Å². The zero-order chi connectivity index (χ0) is 23.0. The van der Waals surface area contributed by atoms with Crippen molar-refractivity contribution in [2.24, 2.45) is 0 Å². The number of aromatic nitrogens is 2. The third-order valence-corrected chi connectivity index (χ3v) is 7.76. The first-order valence-electron chi connectivity index (χ1n) is 10.0. The molecule has 0 spiro atoms. The molecular weight excluding hydrogens is 446 g/mol. The molecule has 1 aromatic heterocycles. The van der Waals surface area contributed by atoms with Gasteiger partial charge in [-0.25, -0.2) is 13.4 Å². The van der Waals surface area contributed by atoms with Crippen LogP contribution in [0.25, 0.3) is 16.6 Å². The second-order valence-electron chi connectivity index (χ2n) is 7.57. The molecule has 0 aliphatic heterocycles. The van der Waals surface area contributed by atoms with Crippen molar-refractivity contribution < 1.29 is 8.42 Å². The van der Waals surface area contributed by atoms with Crippen molar-refractivity contribution in [1.82, 2.24) is 13.9 Å². The van der Waals surface area contributed by atoms with Gasteiger partial charge in [-0.2, -0.15) is 4.31 Å². The SMILES string of the molecule is Cc1ccccc1-n1c(C(C)N(C)S(=O)(=O)c2ccc(Cl)cc2)nc2ccccc2c1=O. The van der Waals surface area contributed by atoms with Crippen molar-refractivity contribution in [3.05, 3.63) is 99.6 Å². The van der Waals surface area contributed by atoms with Gasteiger partial charge in [0.05, 0.1) is 27.5 Å². The summed E-state index contributed by atoms with van der Waals surface area (Å²) < 4.78 is 29.3. The van der Waals surface area contributed by atoms with Crippen LogP contribution < -0.4 is 5.56 Å². The normalized spacial score (nSPS) is 12.9. The highest BCUT2D eigenvalue weighted by Gasteiger charge is 2.30. The van der Waals surface area contributed by atoms with Crippen molar-refractivity contribution in [3.8, 4) is 5.69 Å². The summed E-state index contributed by atoms with van der Waals surface area (Å²) in [6.07, 6.45) is 0. The minimum Gasteiger partial charge on any atom is -0.268 e. The molecule has 0 amide bonds. The molecule has 4 aromatic rings. The first-order chi connectivity index (χ1) is 15.2. The number of aryl methyl sites for hydroxylation is 1. The number of hydrogen-bond donors (Lipinski definition) is 0. The molecule has 0 saturated carbocycles. The molecule has 0 aliphatic rings. The van der Waals surface area contributed by atoms with E-state index >= 15 is 0 Å². The van der Waals surface area contributed by atoms with Crippen LogP contribution in [0.5, 0.6) is 0 Å². The standard InChI is InChI=1S/C24H22ClN3O3S/c1-16-8-4-7-11-22(16)28-23(26-21-10-6-5-9-20(21)24(28)29)17(2)27(3)32(30,31)19-14-12-18(25)13-15-19/h4-15,17H,1-3H3. The molecule has 0 bridgehead atoms. The Hall–Kier alpha value is -3.00. The third-order valence-electron chi connectivity index (χ3n) is 5.57. The van der Waals surface area contributed by atoms with Gasteiger partial charge < -0.3 is 0 Å². The summed E-state index contributed by atoms with van der Waals surface area (Å²) in [5.41, 5.74) is 1.81. The Bertz CT molecular complexity index is 1460. The highest BCUT2D eigenvalue weighted by Crippen LogP contribution is 2.28. The molecule has 1 unspecified atom stereocenters. The van der Waals surface area contributed by atoms with E-state index in [9.17, 15) is 13.2 Å². The largest absolute Gasteiger partial charge is 0.268 e. The van der Waals surface area contributed by atoms with Gasteiger partial charge in [0.1, 0.15) is 5.82 Å². The van der Waals surface area contributed by atoms with Crippen LogP contribution in [0, 0.1) is 6.92 Å². The number of para-hydroxylation sites is 2. The van der Waals surface area contributed by atoms with Gasteiger partial charge in [-0.05, 0) is 61.9 Å². The van der Waals surface area contributed by atoms with Crippen LogP contribution in [-0.4, -0.2) is 29.3 Å². The molecule has 32 heavy (non-hydrogen) atoms. The van der Waals surface area contributed by atoms with Gasteiger partial charge in [-0.1, -0.05) is 41.9 Å². The minimum atomic E-state index is -3.86. The van der Waals surface area contributed by atoms with Gasteiger partial charge >= 0.3 is 0 Å². The molecule has 0 N–H and O–H groups in total. The molecular formula is C24H22ClN3O3S. The predicted octanol–water partition coefficient (Wildman–Crippen LogP) is 4.73. The van der Waals surface area contributed by atoms with Crippen molar-refractivity contribution >= 4 is 32.5 Å². The summed E-state index contributed by atoms with van der Waals surface area (Å²) >= 11 is 5.92. The zero-order valence-corrected chi connectivity index (χ0v) is 19.4. The van der Waals surface area contributed by atoms with E-state index < -0.39 is 16.1 Å². The fraction of sp³-hybridized carbons (Fsp3) is 0.167. The van der Waals surface area contributed by atoms with Crippen molar-refractivity contribution in [2.45, 2.75) is 24.8 Å². The van der Waals surface area contributed by atoms with Gasteiger partial charge in [0.15, 0.2) is 0 Å². The van der Waals surface area contributed by atoms with Crippen LogP contribution in [-0.2, 0) is 10.0 Å². The second-order valence-corrected chi connectivity index (χ2v) is 10.00. The lowest BCUT2D eigenvalue weighted by Gasteiger charge is -2.27. The summed E-state index contributed by atoms with van der Waals surface area (Å²) in [5, 5.41) is 0.916. The molecule has 164 valence electrons. The summed E-state index contributed by atoms with van der Waals surface area (Å²) in [7, 11) is -2.37. The molecule has 8 heteroatoms. The van der Waals surface area contributed by atoms with Crippen molar-refractivity contribution in [2.75, 3.05) is 7.05 Å². The molecule has 0 radical (unpaired) electrons. The van der Waals surface area contributed by atoms with Gasteiger partial charge in [0.2, 0.25) is 10.0 Å². The Balaban J connectivity index is 1.93. The number of halogens is 1. The molecule has 0 aliphatic carbocycles. The molecule has 0 saturated heterocycles. The van der Waals surface area contributed by atoms with Gasteiger partial charge in [0.25, 0.3) is 5.56 Å². The highest BCUT2D eigenvalue weighted by molar-refractivity contribution is 7.89. The van der Waals surface area contributed by atoms with Crippen LogP contribution in [0.15, 0.2) is 82.5 Å². The number of nitrogens with zero attached hydrogens (tertiary/aromatic N) is 3. The first-order valence-corrected chi connectivity index (χ1v) is 11.8. The van der Waals surface area contributed by atoms with Gasteiger partial charge in [-0.3, -0.25) is 9.36 Å². The third kappa shape index (κ3) is 3.83. The Kier molecular flexibility index (Phi) is 5.90. The minimum absolute atomic E-state index is 0.113. The van der Waals surface area contributed by atoms with Crippen molar-refractivity contribution in [3.63, 3.8) is 0 Å². The van der Waals surface area contributed by atoms with E-state index in [1.165, 1.54) is 40.2 Å². The van der Waals surface area contributed by atoms with Crippen LogP contribution >= 0.6 is 11.6 Å². The topological polar surface area (TPSA) is 72.3 Å². The molecule has 0 fully saturated rings. The van der Waals surface area contributed by atoms with Crippen molar-refractivity contribution in [1.29, 1.82) is 0 Å². The lowest BCUT2D eigenvalue weighted by atomic mass is 10.1. The smallest absolute Gasteiger partial charge is 0.266 e. The summed E-state index contributed by atoms with van der Waals surface area (Å²) in [5.74, 6) is 0.336. The first kappa shape index (κ1) is 22.2. The maximum absolute atomic E-state index is 13.5. The lowest BCUT2D eigenvalue weighted by molar-refractivity contribution is 0.379. The average Bonchev–Trinajstić information content (AvgIpc) is 2.79. The van der Waals surface area contributed by atoms with E-state index in [1.54, 1.807) is 31.2 Å². The Morgan fingerprint density at radius 3 is 2.28 bits per heavy atom. The van der Waals surface area contributed by atoms with E-state index in [-0.39, 0.29) is 10.5 Å². The fourth-order valence-electron chi connectivity index (χ4n) is 3.62.